The van der Waals surface area contributed by atoms with Crippen molar-refractivity contribution in [2.45, 2.75) is 25.1 Å². The number of aliphatic hydroxyl groups is 1. The van der Waals surface area contributed by atoms with Crippen molar-refractivity contribution in [3.8, 4) is 0 Å². The summed E-state index contributed by atoms with van der Waals surface area (Å²) < 4.78 is 43.3. The van der Waals surface area contributed by atoms with E-state index in [4.69, 9.17) is 4.42 Å². The SMILES string of the molecule is OC(CN1CC2(CC(C(F)(F)F)C2)C1)c1cc2ccccc2o1. The topological polar surface area (TPSA) is 36.6 Å². The second kappa shape index (κ2) is 4.98. The predicted molar refractivity (Wildman–Crippen MR) is 78.8 cm³/mol. The summed E-state index contributed by atoms with van der Waals surface area (Å²) in [7, 11) is 0. The van der Waals surface area contributed by atoms with E-state index in [9.17, 15) is 18.3 Å². The van der Waals surface area contributed by atoms with E-state index in [1.807, 2.05) is 35.2 Å². The van der Waals surface area contributed by atoms with E-state index in [1.165, 1.54) is 0 Å². The van der Waals surface area contributed by atoms with Gasteiger partial charge in [-0.2, -0.15) is 13.2 Å². The number of alkyl halides is 3. The smallest absolute Gasteiger partial charge is 0.391 e. The Morgan fingerprint density at radius 3 is 2.61 bits per heavy atom. The number of fused-ring (bicyclic) bond motifs is 1. The van der Waals surface area contributed by atoms with Gasteiger partial charge in [-0.15, -0.1) is 0 Å². The van der Waals surface area contributed by atoms with Crippen LogP contribution in [0.25, 0.3) is 11.0 Å². The third kappa shape index (κ3) is 2.64. The zero-order chi connectivity index (χ0) is 16.2. The summed E-state index contributed by atoms with van der Waals surface area (Å²) in [5, 5.41) is 11.2. The summed E-state index contributed by atoms with van der Waals surface area (Å²) >= 11 is 0. The van der Waals surface area contributed by atoms with Gasteiger partial charge in [0.2, 0.25) is 0 Å². The minimum atomic E-state index is -4.06. The number of aliphatic hydroxyl groups excluding tert-OH is 1. The molecule has 23 heavy (non-hydrogen) atoms. The average molecular weight is 325 g/mol. The first kappa shape index (κ1) is 15.0. The molecule has 4 rings (SSSR count). The fourth-order valence-corrected chi connectivity index (χ4v) is 4.01. The summed E-state index contributed by atoms with van der Waals surface area (Å²) in [5.74, 6) is -0.626. The number of para-hydroxylation sites is 1. The number of furan rings is 1. The number of halogens is 3. The molecule has 1 aliphatic heterocycles. The van der Waals surface area contributed by atoms with Gasteiger partial charge in [0.25, 0.3) is 0 Å². The van der Waals surface area contributed by atoms with E-state index >= 15 is 0 Å². The number of nitrogens with zero attached hydrogens (tertiary/aromatic N) is 1. The number of likely N-dealkylation sites (tertiary alicyclic amines) is 1. The molecule has 124 valence electrons. The fraction of sp³-hybridized carbons (Fsp3) is 0.529. The molecular weight excluding hydrogens is 307 g/mol. The number of benzene rings is 1. The van der Waals surface area contributed by atoms with E-state index in [0.717, 1.165) is 11.0 Å². The molecule has 2 aliphatic rings. The highest BCUT2D eigenvalue weighted by molar-refractivity contribution is 5.77. The molecule has 2 fully saturated rings. The molecule has 2 heterocycles. The number of rotatable bonds is 3. The molecule has 1 spiro atoms. The van der Waals surface area contributed by atoms with E-state index in [-0.39, 0.29) is 18.3 Å². The van der Waals surface area contributed by atoms with Crippen molar-refractivity contribution in [1.82, 2.24) is 4.90 Å². The molecule has 1 unspecified atom stereocenters. The summed E-state index contributed by atoms with van der Waals surface area (Å²) in [6.07, 6.45) is -4.35. The van der Waals surface area contributed by atoms with Crippen LogP contribution in [0.5, 0.6) is 0 Å². The van der Waals surface area contributed by atoms with Gasteiger partial charge in [0.15, 0.2) is 0 Å². The number of hydrogen-bond donors (Lipinski definition) is 1. The summed E-state index contributed by atoms with van der Waals surface area (Å²) in [6.45, 7) is 1.67. The second-order valence-corrected chi connectivity index (χ2v) is 7.02. The maximum Gasteiger partial charge on any atom is 0.391 e. The molecule has 2 aromatic rings. The van der Waals surface area contributed by atoms with Crippen LogP contribution in [-0.4, -0.2) is 35.8 Å². The number of hydrogen-bond acceptors (Lipinski definition) is 3. The molecular formula is C17H18F3NO2. The van der Waals surface area contributed by atoms with Crippen LogP contribution in [0.1, 0.15) is 24.7 Å². The lowest BCUT2D eigenvalue weighted by Crippen LogP contribution is -2.64. The average Bonchev–Trinajstić information content (AvgIpc) is 2.82. The highest BCUT2D eigenvalue weighted by Crippen LogP contribution is 2.57. The van der Waals surface area contributed by atoms with Crippen LogP contribution >= 0.6 is 0 Å². The van der Waals surface area contributed by atoms with Crippen molar-refractivity contribution < 1.29 is 22.7 Å². The van der Waals surface area contributed by atoms with Gasteiger partial charge in [-0.3, -0.25) is 4.90 Å². The van der Waals surface area contributed by atoms with Crippen molar-refractivity contribution in [2.24, 2.45) is 11.3 Å². The van der Waals surface area contributed by atoms with E-state index < -0.39 is 18.2 Å². The summed E-state index contributed by atoms with van der Waals surface area (Å²) in [6, 6.07) is 9.35. The Kier molecular flexibility index (Phi) is 3.25. The van der Waals surface area contributed by atoms with Gasteiger partial charge in [0, 0.05) is 25.0 Å². The van der Waals surface area contributed by atoms with E-state index in [1.54, 1.807) is 0 Å². The van der Waals surface area contributed by atoms with Crippen molar-refractivity contribution in [3.63, 3.8) is 0 Å². The molecule has 1 aromatic carbocycles. The molecule has 0 bridgehead atoms. The van der Waals surface area contributed by atoms with Crippen molar-refractivity contribution in [1.29, 1.82) is 0 Å². The van der Waals surface area contributed by atoms with Crippen LogP contribution in [0.2, 0.25) is 0 Å². The van der Waals surface area contributed by atoms with Gasteiger partial charge in [0.05, 0.1) is 5.92 Å². The molecule has 1 N–H and O–H groups in total. The molecule has 1 aromatic heterocycles. The van der Waals surface area contributed by atoms with Crippen LogP contribution in [0.4, 0.5) is 13.2 Å². The Morgan fingerprint density at radius 1 is 1.26 bits per heavy atom. The molecule has 0 radical (unpaired) electrons. The maximum atomic E-state index is 12.6. The zero-order valence-electron chi connectivity index (χ0n) is 12.5. The Labute approximate surface area is 131 Å². The largest absolute Gasteiger partial charge is 0.458 e. The lowest BCUT2D eigenvalue weighted by atomic mass is 9.57. The molecule has 1 saturated heterocycles. The summed E-state index contributed by atoms with van der Waals surface area (Å²) in [5.41, 5.74) is 0.557. The predicted octanol–water partition coefficient (Wildman–Crippen LogP) is 3.74. The lowest BCUT2D eigenvalue weighted by molar-refractivity contribution is -0.244. The first-order chi connectivity index (χ1) is 10.8. The first-order valence-electron chi connectivity index (χ1n) is 7.80. The van der Waals surface area contributed by atoms with Gasteiger partial charge in [-0.05, 0) is 30.4 Å². The second-order valence-electron chi connectivity index (χ2n) is 7.02. The third-order valence-corrected chi connectivity index (χ3v) is 5.14. The third-order valence-electron chi connectivity index (χ3n) is 5.14. The fourth-order valence-electron chi connectivity index (χ4n) is 4.01. The van der Waals surface area contributed by atoms with Crippen LogP contribution in [0, 0.1) is 11.3 Å². The molecule has 6 heteroatoms. The first-order valence-corrected chi connectivity index (χ1v) is 7.80. The Morgan fingerprint density at radius 2 is 1.96 bits per heavy atom. The van der Waals surface area contributed by atoms with Gasteiger partial charge >= 0.3 is 6.18 Å². The molecule has 0 amide bonds. The van der Waals surface area contributed by atoms with E-state index in [0.29, 0.717) is 25.4 Å². The van der Waals surface area contributed by atoms with E-state index in [2.05, 4.69) is 0 Å². The molecule has 1 aliphatic carbocycles. The van der Waals surface area contributed by atoms with Crippen molar-refractivity contribution in [3.05, 3.63) is 36.1 Å². The highest BCUT2D eigenvalue weighted by atomic mass is 19.4. The quantitative estimate of drug-likeness (QED) is 0.934. The molecule has 1 atom stereocenters. The van der Waals surface area contributed by atoms with Crippen molar-refractivity contribution in [2.75, 3.05) is 19.6 Å². The normalized spacial score (nSPS) is 23.0. The Hall–Kier alpha value is -1.53. The van der Waals surface area contributed by atoms with Gasteiger partial charge < -0.3 is 9.52 Å². The van der Waals surface area contributed by atoms with Crippen LogP contribution in [-0.2, 0) is 0 Å². The minimum absolute atomic E-state index is 0.173. The number of β-amino-alcohol motifs (C(OH)–C–C–N with tert-alkyl or cyclic N) is 1. The summed E-state index contributed by atoms with van der Waals surface area (Å²) in [4.78, 5) is 2.00. The Balaban J connectivity index is 1.32. The molecule has 1 saturated carbocycles. The Bertz CT molecular complexity index is 677. The van der Waals surface area contributed by atoms with Crippen LogP contribution in [0.3, 0.4) is 0 Å². The zero-order valence-corrected chi connectivity index (χ0v) is 12.5. The van der Waals surface area contributed by atoms with Gasteiger partial charge in [0.1, 0.15) is 17.4 Å². The van der Waals surface area contributed by atoms with Crippen LogP contribution in [0.15, 0.2) is 34.7 Å². The highest BCUT2D eigenvalue weighted by Gasteiger charge is 2.59. The van der Waals surface area contributed by atoms with Gasteiger partial charge in [-0.1, -0.05) is 18.2 Å². The standard InChI is InChI=1S/C17H18F3NO2/c18-17(19,20)12-6-16(7-12)9-21(10-16)8-13(22)15-5-11-3-1-2-4-14(11)23-15/h1-5,12-13,22H,6-10H2. The van der Waals surface area contributed by atoms with Crippen molar-refractivity contribution >= 4 is 11.0 Å². The lowest BCUT2D eigenvalue weighted by Gasteiger charge is -2.59. The minimum Gasteiger partial charge on any atom is -0.458 e. The maximum absolute atomic E-state index is 12.6. The van der Waals surface area contributed by atoms with Crippen LogP contribution < -0.4 is 0 Å². The van der Waals surface area contributed by atoms with Gasteiger partial charge in [-0.25, -0.2) is 0 Å². The molecule has 3 nitrogen and oxygen atoms in total. The monoisotopic (exact) mass is 325 g/mol.